The molecule has 3 aliphatic rings. The van der Waals surface area contributed by atoms with Gasteiger partial charge in [0.25, 0.3) is 0 Å². The summed E-state index contributed by atoms with van der Waals surface area (Å²) in [6, 6.07) is 7.54. The average molecular weight is 575 g/mol. The van der Waals surface area contributed by atoms with Gasteiger partial charge in [-0.2, -0.15) is 0 Å². The molecule has 0 aliphatic heterocycles. The number of hydrogen-bond acceptors (Lipinski definition) is 7. The lowest BCUT2D eigenvalue weighted by atomic mass is 9.44. The van der Waals surface area contributed by atoms with Crippen molar-refractivity contribution in [3.8, 4) is 5.69 Å². The molecule has 1 heterocycles. The molecule has 8 nitrogen and oxygen atoms in total. The summed E-state index contributed by atoms with van der Waals surface area (Å²) in [5.41, 5.74) is 0.0533. The zero-order chi connectivity index (χ0) is 30.3. The maximum Gasteiger partial charge on any atom is 0.344 e. The fraction of sp³-hybridized carbons (Fsp3) is 0.529. The summed E-state index contributed by atoms with van der Waals surface area (Å²) in [5.74, 6) is -1.42. The maximum absolute atomic E-state index is 13.5. The van der Waals surface area contributed by atoms with Crippen LogP contribution in [0.15, 0.2) is 61.7 Å². The molecule has 1 N–H and O–H groups in total. The van der Waals surface area contributed by atoms with Crippen LogP contribution in [0.4, 0.5) is 0 Å². The zero-order valence-electron chi connectivity index (χ0n) is 25.0. The van der Waals surface area contributed by atoms with Gasteiger partial charge in [0.15, 0.2) is 6.61 Å². The monoisotopic (exact) mass is 574 g/mol. The molecule has 0 amide bonds. The van der Waals surface area contributed by atoms with Gasteiger partial charge in [0, 0.05) is 47.3 Å². The molecular formula is C34H42N2O6. The summed E-state index contributed by atoms with van der Waals surface area (Å²) in [5, 5.41) is 11.6. The highest BCUT2D eigenvalue weighted by Gasteiger charge is 2.68. The summed E-state index contributed by atoms with van der Waals surface area (Å²) in [7, 11) is 0. The van der Waals surface area contributed by atoms with Crippen LogP contribution in [0.3, 0.4) is 0 Å². The number of nitrogens with zero attached hydrogens (tertiary/aromatic N) is 2. The first-order valence-corrected chi connectivity index (χ1v) is 14.9. The summed E-state index contributed by atoms with van der Waals surface area (Å²) in [6.07, 6.45) is 11.8. The molecule has 1 aromatic heterocycles. The van der Waals surface area contributed by atoms with Gasteiger partial charge < -0.3 is 19.1 Å². The summed E-state index contributed by atoms with van der Waals surface area (Å²) < 4.78 is 13.2. The van der Waals surface area contributed by atoms with Crippen LogP contribution in [0.5, 0.6) is 0 Å². The number of esters is 2. The predicted octanol–water partition coefficient (Wildman–Crippen LogP) is 5.34. The van der Waals surface area contributed by atoms with Crippen molar-refractivity contribution in [2.24, 2.45) is 34.0 Å². The minimum Gasteiger partial charge on any atom is -0.459 e. The molecule has 8 heteroatoms. The fourth-order valence-electron chi connectivity index (χ4n) is 8.21. The Kier molecular flexibility index (Phi) is 8.05. The first-order chi connectivity index (χ1) is 19.9. The molecule has 3 aliphatic carbocycles. The van der Waals surface area contributed by atoms with Gasteiger partial charge in [0.2, 0.25) is 0 Å². The van der Waals surface area contributed by atoms with Crippen LogP contribution in [0.25, 0.3) is 11.8 Å². The number of carbonyl (C=O) groups is 3. The van der Waals surface area contributed by atoms with E-state index in [1.165, 1.54) is 6.08 Å². The third-order valence-electron chi connectivity index (χ3n) is 11.0. The molecule has 2 bridgehead atoms. The Bertz CT molecular complexity index is 1370. The van der Waals surface area contributed by atoms with Crippen molar-refractivity contribution in [3.63, 3.8) is 0 Å². The van der Waals surface area contributed by atoms with Crippen LogP contribution in [0, 0.1) is 34.0 Å². The molecule has 3 saturated carbocycles. The van der Waals surface area contributed by atoms with Crippen LogP contribution < -0.4 is 0 Å². The number of aliphatic hydroxyl groups is 1. The number of hydrogen-bond donors (Lipinski definition) is 1. The van der Waals surface area contributed by atoms with Crippen molar-refractivity contribution >= 4 is 23.8 Å². The Balaban J connectivity index is 1.30. The van der Waals surface area contributed by atoms with Crippen molar-refractivity contribution in [1.29, 1.82) is 0 Å². The Hall–Kier alpha value is -3.52. The lowest BCUT2D eigenvalue weighted by Gasteiger charge is -2.61. The number of imidazole rings is 1. The molecule has 0 saturated heterocycles. The maximum atomic E-state index is 13.5. The van der Waals surface area contributed by atoms with E-state index in [0.717, 1.165) is 30.5 Å². The van der Waals surface area contributed by atoms with E-state index in [9.17, 15) is 19.5 Å². The van der Waals surface area contributed by atoms with E-state index in [4.69, 9.17) is 9.47 Å². The van der Waals surface area contributed by atoms with Crippen molar-refractivity contribution in [1.82, 2.24) is 9.55 Å². The first kappa shape index (κ1) is 30.0. The molecule has 224 valence electrons. The second-order valence-electron chi connectivity index (χ2n) is 13.1. The number of Topliss-reactive ketones (excluding diaryl/α,β-unsaturated/α-hetero) is 1. The van der Waals surface area contributed by atoms with E-state index < -0.39 is 41.6 Å². The number of aliphatic hydroxyl groups excluding tert-OH is 1. The summed E-state index contributed by atoms with van der Waals surface area (Å²) in [4.78, 5) is 43.2. The SMILES string of the molecule is C=CC1(C)C[C@@H](OC(=O)COC(=O)/C=C/c2ccc(-n3ccnc3)cc2)[C@@]2(C)[C@@H]3C(=O)CCC3(CC[C@@H]2C)[C@@H](C)[C@@H]1O. The topological polar surface area (TPSA) is 108 Å². The largest absolute Gasteiger partial charge is 0.459 e. The van der Waals surface area contributed by atoms with Crippen molar-refractivity contribution in [2.45, 2.75) is 72.0 Å². The highest BCUT2D eigenvalue weighted by Crippen LogP contribution is 2.68. The van der Waals surface area contributed by atoms with E-state index >= 15 is 0 Å². The van der Waals surface area contributed by atoms with E-state index in [1.54, 1.807) is 24.7 Å². The van der Waals surface area contributed by atoms with Gasteiger partial charge in [-0.15, -0.1) is 6.58 Å². The van der Waals surface area contributed by atoms with E-state index in [1.807, 2.05) is 42.0 Å². The van der Waals surface area contributed by atoms with Crippen LogP contribution in [0.2, 0.25) is 0 Å². The number of benzene rings is 1. The van der Waals surface area contributed by atoms with E-state index in [2.05, 4.69) is 32.3 Å². The van der Waals surface area contributed by atoms with Gasteiger partial charge in [-0.1, -0.05) is 45.9 Å². The molecule has 0 spiro atoms. The first-order valence-electron chi connectivity index (χ1n) is 14.9. The van der Waals surface area contributed by atoms with Crippen LogP contribution in [-0.4, -0.2) is 51.2 Å². The van der Waals surface area contributed by atoms with Crippen molar-refractivity contribution in [2.75, 3.05) is 6.61 Å². The number of rotatable bonds is 7. The second kappa shape index (κ2) is 11.3. The van der Waals surface area contributed by atoms with Crippen LogP contribution in [0.1, 0.15) is 65.4 Å². The van der Waals surface area contributed by atoms with Gasteiger partial charge in [0.05, 0.1) is 12.4 Å². The van der Waals surface area contributed by atoms with Gasteiger partial charge >= 0.3 is 11.9 Å². The van der Waals surface area contributed by atoms with Crippen LogP contribution in [-0.2, 0) is 23.9 Å². The summed E-state index contributed by atoms with van der Waals surface area (Å²) >= 11 is 0. The minimum absolute atomic E-state index is 0.102. The molecule has 3 fully saturated rings. The summed E-state index contributed by atoms with van der Waals surface area (Å²) in [6.45, 7) is 11.7. The van der Waals surface area contributed by atoms with Crippen molar-refractivity contribution in [3.05, 3.63) is 67.3 Å². The molecule has 1 aromatic carbocycles. The Morgan fingerprint density at radius 3 is 2.60 bits per heavy atom. The number of carbonyl (C=O) groups excluding carboxylic acids is 3. The Morgan fingerprint density at radius 1 is 1.19 bits per heavy atom. The number of ketones is 1. The number of ether oxygens (including phenoxy) is 2. The molecule has 42 heavy (non-hydrogen) atoms. The van der Waals surface area contributed by atoms with Gasteiger partial charge in [-0.05, 0) is 66.7 Å². The smallest absolute Gasteiger partial charge is 0.344 e. The van der Waals surface area contributed by atoms with Gasteiger partial charge in [0.1, 0.15) is 11.9 Å². The zero-order valence-corrected chi connectivity index (χ0v) is 25.0. The average Bonchev–Trinajstić information content (AvgIpc) is 3.65. The fourth-order valence-corrected chi connectivity index (χ4v) is 8.21. The molecule has 2 unspecified atom stereocenters. The molecule has 5 rings (SSSR count). The Labute approximate surface area is 247 Å². The minimum atomic E-state index is -0.737. The molecular weight excluding hydrogens is 532 g/mol. The third-order valence-corrected chi connectivity index (χ3v) is 11.0. The highest BCUT2D eigenvalue weighted by atomic mass is 16.6. The molecule has 8 atom stereocenters. The quantitative estimate of drug-likeness (QED) is 0.270. The van der Waals surface area contributed by atoms with Crippen LogP contribution >= 0.6 is 0 Å². The normalized spacial score (nSPS) is 36.1. The third kappa shape index (κ3) is 5.04. The van der Waals surface area contributed by atoms with E-state index in [0.29, 0.717) is 12.8 Å². The predicted molar refractivity (Wildman–Crippen MR) is 158 cm³/mol. The van der Waals surface area contributed by atoms with E-state index in [-0.39, 0.29) is 29.0 Å². The highest BCUT2D eigenvalue weighted by molar-refractivity contribution is 5.88. The lowest BCUT2D eigenvalue weighted by molar-refractivity contribution is -0.208. The second-order valence-corrected chi connectivity index (χ2v) is 13.1. The van der Waals surface area contributed by atoms with Gasteiger partial charge in [-0.3, -0.25) is 4.79 Å². The molecule has 0 radical (unpaired) electrons. The van der Waals surface area contributed by atoms with Crippen molar-refractivity contribution < 1.29 is 29.0 Å². The lowest BCUT2D eigenvalue weighted by Crippen LogP contribution is -2.63. The molecule has 2 aromatic rings. The standard InChI is InChI=1S/C34H42N2O6/c1-6-32(4)19-27(33(5)22(2)13-15-34(23(3)31(32)40)16-14-26(37)30(33)34)42-29(39)20-41-28(38)12-9-24-7-10-25(11-8-24)36-18-17-35-21-36/h6-12,17-18,21-23,27,30-31,40H,1,13-16,19-20H2,2-5H3/b12-9+/t22-,23-,27+,30-,31-,32?,33-,34?/m0/s1. The number of aromatic nitrogens is 2. The Morgan fingerprint density at radius 2 is 1.93 bits per heavy atom. The van der Waals surface area contributed by atoms with Gasteiger partial charge in [-0.25, -0.2) is 14.6 Å².